The number of sulfonamides is 1. The summed E-state index contributed by atoms with van der Waals surface area (Å²) in [6.07, 6.45) is 0.879. The van der Waals surface area contributed by atoms with E-state index < -0.39 is 15.9 Å². The fourth-order valence-corrected chi connectivity index (χ4v) is 4.28. The highest BCUT2D eigenvalue weighted by atomic mass is 35.5. The van der Waals surface area contributed by atoms with Gasteiger partial charge in [-0.2, -0.15) is 0 Å². The Morgan fingerprint density at radius 2 is 1.97 bits per heavy atom. The normalized spacial score (nSPS) is 11.9. The van der Waals surface area contributed by atoms with Gasteiger partial charge in [0.2, 0.25) is 10.0 Å². The maximum atomic E-state index is 12.5. The van der Waals surface area contributed by atoms with Crippen molar-refractivity contribution in [2.75, 3.05) is 19.4 Å². The average molecular weight is 450 g/mol. The van der Waals surface area contributed by atoms with E-state index in [-0.39, 0.29) is 4.90 Å². The molecule has 0 saturated heterocycles. The second-order valence-electron chi connectivity index (χ2n) is 7.03. The molecule has 3 N–H and O–H groups in total. The van der Waals surface area contributed by atoms with Gasteiger partial charge in [0.1, 0.15) is 5.82 Å². The molecule has 0 atom stereocenters. The van der Waals surface area contributed by atoms with E-state index >= 15 is 0 Å². The number of carbonyl (C=O) groups is 1. The predicted octanol–water partition coefficient (Wildman–Crippen LogP) is 3.06. The first-order chi connectivity index (χ1) is 14.1. The summed E-state index contributed by atoms with van der Waals surface area (Å²) in [6, 6.07) is 9.82. The van der Waals surface area contributed by atoms with E-state index in [1.54, 1.807) is 30.3 Å². The van der Waals surface area contributed by atoms with Crippen molar-refractivity contribution in [3.05, 3.63) is 52.8 Å². The van der Waals surface area contributed by atoms with E-state index in [0.717, 1.165) is 24.3 Å². The molecule has 3 aromatic rings. The van der Waals surface area contributed by atoms with Crippen LogP contribution in [0.25, 0.3) is 11.0 Å². The molecule has 0 bridgehead atoms. The Balaban J connectivity index is 1.99. The highest BCUT2D eigenvalue weighted by Gasteiger charge is 2.20. The number of imidazole rings is 1. The third-order valence-electron chi connectivity index (χ3n) is 4.71. The Kier molecular flexibility index (Phi) is 6.35. The van der Waals surface area contributed by atoms with Crippen LogP contribution < -0.4 is 11.1 Å². The van der Waals surface area contributed by atoms with E-state index in [4.69, 9.17) is 17.3 Å². The van der Waals surface area contributed by atoms with Crippen molar-refractivity contribution < 1.29 is 13.2 Å². The Hall–Kier alpha value is -2.62. The van der Waals surface area contributed by atoms with Crippen LogP contribution in [0.2, 0.25) is 5.02 Å². The number of hydrogen-bond acceptors (Lipinski definition) is 5. The molecule has 0 aliphatic carbocycles. The standard InChI is InChI=1S/C20H24ClN5O3S/c1-4-9-26-18-8-6-14(30(28,29)25(2)3)11-17(18)24-19(26)12-23-16-7-5-13(21)10-15(16)20(22)27/h5-8,10-11,23H,4,9,12H2,1-3H3,(H2,22,27). The lowest BCUT2D eigenvalue weighted by Crippen LogP contribution is -2.22. The molecule has 0 saturated carbocycles. The molecule has 30 heavy (non-hydrogen) atoms. The van der Waals surface area contributed by atoms with Crippen LogP contribution in [0.3, 0.4) is 0 Å². The van der Waals surface area contributed by atoms with Gasteiger partial charge in [-0.05, 0) is 42.8 Å². The number of anilines is 1. The van der Waals surface area contributed by atoms with Crippen LogP contribution in [0.15, 0.2) is 41.3 Å². The van der Waals surface area contributed by atoms with E-state index in [9.17, 15) is 13.2 Å². The summed E-state index contributed by atoms with van der Waals surface area (Å²) in [6.45, 7) is 3.10. The first-order valence-electron chi connectivity index (χ1n) is 9.40. The van der Waals surface area contributed by atoms with Crippen molar-refractivity contribution in [1.29, 1.82) is 0 Å². The van der Waals surface area contributed by atoms with Crippen LogP contribution in [0.1, 0.15) is 29.5 Å². The van der Waals surface area contributed by atoms with Gasteiger partial charge in [0.05, 0.1) is 28.0 Å². The van der Waals surface area contributed by atoms with Crippen LogP contribution in [0.4, 0.5) is 5.69 Å². The number of rotatable bonds is 8. The molecule has 3 rings (SSSR count). The molecule has 1 amide bonds. The van der Waals surface area contributed by atoms with Crippen LogP contribution in [0, 0.1) is 0 Å². The van der Waals surface area contributed by atoms with Crippen molar-refractivity contribution in [3.8, 4) is 0 Å². The van der Waals surface area contributed by atoms with E-state index in [1.807, 2.05) is 4.57 Å². The number of aryl methyl sites for hydroxylation is 1. The number of fused-ring (bicyclic) bond motifs is 1. The van der Waals surface area contributed by atoms with Gasteiger partial charge < -0.3 is 15.6 Å². The van der Waals surface area contributed by atoms with Crippen LogP contribution in [-0.4, -0.2) is 42.3 Å². The Labute approximate surface area is 180 Å². The largest absolute Gasteiger partial charge is 0.377 e. The second-order valence-corrected chi connectivity index (χ2v) is 9.61. The van der Waals surface area contributed by atoms with Gasteiger partial charge in [-0.1, -0.05) is 18.5 Å². The molecule has 8 nitrogen and oxygen atoms in total. The summed E-state index contributed by atoms with van der Waals surface area (Å²) in [5.74, 6) is 0.136. The van der Waals surface area contributed by atoms with Crippen molar-refractivity contribution in [1.82, 2.24) is 13.9 Å². The first kappa shape index (κ1) is 22.1. The number of halogens is 1. The molecular formula is C20H24ClN5O3S. The summed E-state index contributed by atoms with van der Waals surface area (Å²) < 4.78 is 28.1. The summed E-state index contributed by atoms with van der Waals surface area (Å²) in [5.41, 5.74) is 7.74. The van der Waals surface area contributed by atoms with Crippen molar-refractivity contribution >= 4 is 44.3 Å². The number of hydrogen-bond donors (Lipinski definition) is 2. The lowest BCUT2D eigenvalue weighted by molar-refractivity contribution is 0.100. The zero-order valence-corrected chi connectivity index (χ0v) is 18.6. The summed E-state index contributed by atoms with van der Waals surface area (Å²) in [7, 11) is -0.568. The number of benzene rings is 2. The molecule has 0 aliphatic heterocycles. The number of nitrogens with one attached hydrogen (secondary N) is 1. The Bertz CT molecular complexity index is 1200. The molecule has 0 spiro atoms. The number of carbonyl (C=O) groups excluding carboxylic acids is 1. The summed E-state index contributed by atoms with van der Waals surface area (Å²) in [5, 5.41) is 3.61. The van der Waals surface area contributed by atoms with Crippen LogP contribution in [-0.2, 0) is 23.1 Å². The van der Waals surface area contributed by atoms with Gasteiger partial charge >= 0.3 is 0 Å². The van der Waals surface area contributed by atoms with Gasteiger partial charge in [0.25, 0.3) is 5.91 Å². The minimum atomic E-state index is -3.55. The maximum absolute atomic E-state index is 12.5. The quantitative estimate of drug-likeness (QED) is 0.549. The Morgan fingerprint density at radius 1 is 1.23 bits per heavy atom. The predicted molar refractivity (Wildman–Crippen MR) is 118 cm³/mol. The first-order valence-corrected chi connectivity index (χ1v) is 11.2. The number of nitrogens with two attached hydrogens (primary N) is 1. The van der Waals surface area contributed by atoms with E-state index in [0.29, 0.717) is 28.3 Å². The van der Waals surface area contributed by atoms with Crippen molar-refractivity contribution in [3.63, 3.8) is 0 Å². The highest BCUT2D eigenvalue weighted by molar-refractivity contribution is 7.89. The fraction of sp³-hybridized carbons (Fsp3) is 0.300. The molecule has 1 aromatic heterocycles. The van der Waals surface area contributed by atoms with E-state index in [1.165, 1.54) is 24.5 Å². The molecule has 2 aromatic carbocycles. The number of nitrogens with zero attached hydrogens (tertiary/aromatic N) is 3. The zero-order valence-electron chi connectivity index (χ0n) is 17.0. The van der Waals surface area contributed by atoms with Crippen molar-refractivity contribution in [2.45, 2.75) is 31.3 Å². The van der Waals surface area contributed by atoms with Gasteiger partial charge in [-0.3, -0.25) is 4.79 Å². The highest BCUT2D eigenvalue weighted by Crippen LogP contribution is 2.24. The zero-order chi connectivity index (χ0) is 22.1. The summed E-state index contributed by atoms with van der Waals surface area (Å²) in [4.78, 5) is 16.6. The monoisotopic (exact) mass is 449 g/mol. The lowest BCUT2D eigenvalue weighted by atomic mass is 10.1. The molecule has 10 heteroatoms. The Morgan fingerprint density at radius 3 is 2.60 bits per heavy atom. The molecule has 0 unspecified atom stereocenters. The number of aromatic nitrogens is 2. The molecular weight excluding hydrogens is 426 g/mol. The molecule has 0 fully saturated rings. The van der Waals surface area contributed by atoms with Gasteiger partial charge in [-0.15, -0.1) is 0 Å². The minimum Gasteiger partial charge on any atom is -0.377 e. The number of primary amides is 1. The van der Waals surface area contributed by atoms with Crippen LogP contribution >= 0.6 is 11.6 Å². The maximum Gasteiger partial charge on any atom is 0.250 e. The van der Waals surface area contributed by atoms with Crippen molar-refractivity contribution in [2.24, 2.45) is 5.73 Å². The van der Waals surface area contributed by atoms with Gasteiger partial charge in [-0.25, -0.2) is 17.7 Å². The fourth-order valence-electron chi connectivity index (χ4n) is 3.19. The van der Waals surface area contributed by atoms with Crippen LogP contribution in [0.5, 0.6) is 0 Å². The molecule has 160 valence electrons. The average Bonchev–Trinajstić information content (AvgIpc) is 3.03. The lowest BCUT2D eigenvalue weighted by Gasteiger charge is -2.12. The third kappa shape index (κ3) is 4.28. The van der Waals surface area contributed by atoms with Gasteiger partial charge in [0, 0.05) is 31.4 Å². The minimum absolute atomic E-state index is 0.189. The smallest absolute Gasteiger partial charge is 0.250 e. The second kappa shape index (κ2) is 8.63. The van der Waals surface area contributed by atoms with E-state index in [2.05, 4.69) is 17.2 Å². The number of amides is 1. The molecule has 1 heterocycles. The van der Waals surface area contributed by atoms with Gasteiger partial charge in [0.15, 0.2) is 0 Å². The molecule has 0 radical (unpaired) electrons. The molecule has 0 aliphatic rings. The topological polar surface area (TPSA) is 110 Å². The third-order valence-corrected chi connectivity index (χ3v) is 6.75. The SMILES string of the molecule is CCCn1c(CNc2ccc(Cl)cc2C(N)=O)nc2cc(S(=O)(=O)N(C)C)ccc21. The summed E-state index contributed by atoms with van der Waals surface area (Å²) >= 11 is 5.97.